The third-order valence-corrected chi connectivity index (χ3v) is 8.67. The second-order valence-electron chi connectivity index (χ2n) is 5.73. The smallest absolute Gasteiger partial charge is 0.258 e. The number of non-ortho nitro benzene ring substituents is 1. The molecule has 0 N–H and O–H groups in total. The summed E-state index contributed by atoms with van der Waals surface area (Å²) < 4.78 is 53.5. The second kappa shape index (κ2) is 7.93. The minimum atomic E-state index is -4.57. The van der Waals surface area contributed by atoms with Crippen LogP contribution in [-0.2, 0) is 20.0 Å². The first-order valence-electron chi connectivity index (χ1n) is 8.00. The van der Waals surface area contributed by atoms with E-state index < -0.39 is 25.0 Å². The van der Waals surface area contributed by atoms with Crippen LogP contribution in [-0.4, -0.2) is 21.8 Å². The number of sulfonamides is 2. The molecule has 0 saturated heterocycles. The van der Waals surface area contributed by atoms with Crippen molar-refractivity contribution in [3.05, 3.63) is 93.4 Å². The molecule has 3 aromatic rings. The Morgan fingerprint density at radius 2 is 1.21 bits per heavy atom. The minimum absolute atomic E-state index is 0.0642. The van der Waals surface area contributed by atoms with E-state index in [9.17, 15) is 26.9 Å². The highest BCUT2D eigenvalue weighted by atomic mass is 79.9. The zero-order valence-electron chi connectivity index (χ0n) is 14.5. The quantitative estimate of drug-likeness (QED) is 0.377. The van der Waals surface area contributed by atoms with Gasteiger partial charge in [0, 0.05) is 16.6 Å². The lowest BCUT2D eigenvalue weighted by molar-refractivity contribution is -0.384. The van der Waals surface area contributed by atoms with Crippen molar-refractivity contribution in [2.45, 2.75) is 9.79 Å². The fourth-order valence-corrected chi connectivity index (χ4v) is 7.07. The van der Waals surface area contributed by atoms with E-state index in [-0.39, 0.29) is 29.3 Å². The lowest BCUT2D eigenvalue weighted by Crippen LogP contribution is -2.37. The lowest BCUT2D eigenvalue weighted by atomic mass is 10.3. The van der Waals surface area contributed by atoms with Gasteiger partial charge in [-0.3, -0.25) is 10.1 Å². The standard InChI is InChI=1S/C18H13BrN2O6S2/c19-17-13-14(20(22)23)11-12-18(17)21(28(24,25)15-7-3-1-4-8-15)29(26,27)16-9-5-2-6-10-16/h1-13H. The fraction of sp³-hybridized carbons (Fsp3) is 0. The van der Waals surface area contributed by atoms with Crippen LogP contribution >= 0.6 is 15.9 Å². The minimum Gasteiger partial charge on any atom is -0.258 e. The first kappa shape index (κ1) is 21.0. The number of hydrogen-bond donors (Lipinski definition) is 0. The molecule has 0 heterocycles. The first-order valence-corrected chi connectivity index (χ1v) is 11.7. The summed E-state index contributed by atoms with van der Waals surface area (Å²) in [6, 6.07) is 17.3. The lowest BCUT2D eigenvalue weighted by Gasteiger charge is -2.25. The summed E-state index contributed by atoms with van der Waals surface area (Å²) in [7, 11) is -9.14. The highest BCUT2D eigenvalue weighted by Gasteiger charge is 2.38. The second-order valence-corrected chi connectivity index (χ2v) is 10.4. The van der Waals surface area contributed by atoms with Crippen molar-refractivity contribution in [2.24, 2.45) is 0 Å². The van der Waals surface area contributed by atoms with Crippen molar-refractivity contribution >= 4 is 47.4 Å². The molecule has 11 heteroatoms. The van der Waals surface area contributed by atoms with Gasteiger partial charge < -0.3 is 0 Å². The number of benzene rings is 3. The Bertz CT molecular complexity index is 1190. The van der Waals surface area contributed by atoms with Crippen LogP contribution in [0, 0.1) is 10.1 Å². The van der Waals surface area contributed by atoms with Crippen LogP contribution in [0.25, 0.3) is 0 Å². The van der Waals surface area contributed by atoms with E-state index in [1.165, 1.54) is 48.5 Å². The number of halogens is 1. The van der Waals surface area contributed by atoms with Crippen LogP contribution in [0.3, 0.4) is 0 Å². The van der Waals surface area contributed by atoms with E-state index in [4.69, 9.17) is 0 Å². The van der Waals surface area contributed by atoms with Gasteiger partial charge in [-0.05, 0) is 46.3 Å². The normalized spacial score (nSPS) is 11.8. The molecule has 8 nitrogen and oxygen atoms in total. The van der Waals surface area contributed by atoms with Gasteiger partial charge in [0.1, 0.15) is 0 Å². The van der Waals surface area contributed by atoms with Crippen LogP contribution in [0.2, 0.25) is 0 Å². The van der Waals surface area contributed by atoms with Gasteiger partial charge >= 0.3 is 0 Å². The van der Waals surface area contributed by atoms with Crippen molar-refractivity contribution in [1.29, 1.82) is 0 Å². The molecule has 0 unspecified atom stereocenters. The molecule has 0 amide bonds. The molecule has 3 rings (SSSR count). The summed E-state index contributed by atoms with van der Waals surface area (Å²) in [5, 5.41) is 11.0. The molecule has 0 aliphatic carbocycles. The van der Waals surface area contributed by atoms with Crippen LogP contribution in [0.4, 0.5) is 11.4 Å². The highest BCUT2D eigenvalue weighted by Crippen LogP contribution is 2.37. The Hall–Kier alpha value is -2.76. The van der Waals surface area contributed by atoms with Gasteiger partial charge in [-0.2, -0.15) is 3.71 Å². The molecular formula is C18H13BrN2O6S2. The maximum Gasteiger partial charge on any atom is 0.277 e. The molecule has 0 bridgehead atoms. The Morgan fingerprint density at radius 1 is 0.759 bits per heavy atom. The number of hydrogen-bond acceptors (Lipinski definition) is 6. The van der Waals surface area contributed by atoms with Crippen LogP contribution in [0.1, 0.15) is 0 Å². The molecule has 0 fully saturated rings. The van der Waals surface area contributed by atoms with Crippen molar-refractivity contribution < 1.29 is 21.8 Å². The van der Waals surface area contributed by atoms with Gasteiger partial charge in [0.15, 0.2) is 0 Å². The summed E-state index contributed by atoms with van der Waals surface area (Å²) in [5.74, 6) is 0. The molecule has 0 aliphatic rings. The van der Waals surface area contributed by atoms with Gasteiger partial charge in [0.05, 0.1) is 20.4 Å². The average Bonchev–Trinajstić information content (AvgIpc) is 2.70. The van der Waals surface area contributed by atoms with Crippen LogP contribution in [0.5, 0.6) is 0 Å². The van der Waals surface area contributed by atoms with Crippen molar-refractivity contribution in [2.75, 3.05) is 3.71 Å². The third kappa shape index (κ3) is 4.02. The summed E-state index contributed by atoms with van der Waals surface area (Å²) in [6.45, 7) is 0. The zero-order valence-corrected chi connectivity index (χ0v) is 17.8. The van der Waals surface area contributed by atoms with Crippen molar-refractivity contribution in [3.8, 4) is 0 Å². The van der Waals surface area contributed by atoms with E-state index in [1.807, 2.05) is 0 Å². The summed E-state index contributed by atoms with van der Waals surface area (Å²) in [4.78, 5) is 9.84. The number of anilines is 1. The van der Waals surface area contributed by atoms with Gasteiger partial charge in [0.25, 0.3) is 25.7 Å². The van der Waals surface area contributed by atoms with E-state index in [1.54, 1.807) is 12.1 Å². The molecular weight excluding hydrogens is 484 g/mol. The van der Waals surface area contributed by atoms with Crippen molar-refractivity contribution in [3.63, 3.8) is 0 Å². The van der Waals surface area contributed by atoms with Gasteiger partial charge in [-0.1, -0.05) is 36.4 Å². The number of rotatable bonds is 6. The molecule has 0 aromatic heterocycles. The van der Waals surface area contributed by atoms with Crippen molar-refractivity contribution in [1.82, 2.24) is 0 Å². The topological polar surface area (TPSA) is 115 Å². The molecule has 0 saturated carbocycles. The molecule has 0 aliphatic heterocycles. The molecule has 3 aromatic carbocycles. The fourth-order valence-electron chi connectivity index (χ4n) is 2.52. The molecule has 29 heavy (non-hydrogen) atoms. The Morgan fingerprint density at radius 3 is 1.59 bits per heavy atom. The van der Waals surface area contributed by atoms with Crippen LogP contribution in [0.15, 0.2) is 93.1 Å². The predicted octanol–water partition coefficient (Wildman–Crippen LogP) is 3.94. The molecule has 0 atom stereocenters. The van der Waals surface area contributed by atoms with Gasteiger partial charge in [-0.15, -0.1) is 0 Å². The van der Waals surface area contributed by atoms with Gasteiger partial charge in [0.2, 0.25) is 0 Å². The molecule has 0 radical (unpaired) electrons. The number of nitro benzene ring substituents is 1. The Kier molecular flexibility index (Phi) is 5.73. The van der Waals surface area contributed by atoms with E-state index in [0.717, 1.165) is 18.2 Å². The Balaban J connectivity index is 2.31. The van der Waals surface area contributed by atoms with E-state index in [0.29, 0.717) is 0 Å². The molecule has 0 spiro atoms. The molecule has 150 valence electrons. The number of nitrogens with zero attached hydrogens (tertiary/aromatic N) is 2. The zero-order chi connectivity index (χ0) is 21.2. The number of nitro groups is 1. The average molecular weight is 497 g/mol. The largest absolute Gasteiger partial charge is 0.277 e. The first-order chi connectivity index (χ1) is 13.7. The Labute approximate surface area is 175 Å². The summed E-state index contributed by atoms with van der Waals surface area (Å²) >= 11 is 3.07. The van der Waals surface area contributed by atoms with E-state index in [2.05, 4.69) is 15.9 Å². The summed E-state index contributed by atoms with van der Waals surface area (Å²) in [5.41, 5.74) is -0.599. The van der Waals surface area contributed by atoms with E-state index >= 15 is 0 Å². The van der Waals surface area contributed by atoms with Crippen LogP contribution < -0.4 is 3.71 Å². The highest BCUT2D eigenvalue weighted by molar-refractivity contribution is 9.10. The predicted molar refractivity (Wildman–Crippen MR) is 111 cm³/mol. The summed E-state index contributed by atoms with van der Waals surface area (Å²) in [6.07, 6.45) is 0. The van der Waals surface area contributed by atoms with Gasteiger partial charge in [-0.25, -0.2) is 16.8 Å². The maximum absolute atomic E-state index is 13.3. The monoisotopic (exact) mass is 496 g/mol. The maximum atomic E-state index is 13.3. The SMILES string of the molecule is O=[N+]([O-])c1ccc(N(S(=O)(=O)c2ccccc2)S(=O)(=O)c2ccccc2)c(Br)c1. The third-order valence-electron chi connectivity index (χ3n) is 3.86.